The Balaban J connectivity index is 2.13. The first-order valence-electron chi connectivity index (χ1n) is 6.51. The predicted molar refractivity (Wildman–Crippen MR) is 78.1 cm³/mol. The van der Waals surface area contributed by atoms with E-state index in [9.17, 15) is 4.79 Å². The van der Waals surface area contributed by atoms with Gasteiger partial charge in [0.15, 0.2) is 11.5 Å². The first-order valence-corrected chi connectivity index (χ1v) is 7.30. The van der Waals surface area contributed by atoms with Gasteiger partial charge < -0.3 is 14.2 Å². The quantitative estimate of drug-likeness (QED) is 0.767. The predicted octanol–water partition coefficient (Wildman–Crippen LogP) is 2.22. The van der Waals surface area contributed by atoms with Gasteiger partial charge in [0.25, 0.3) is 0 Å². The smallest absolute Gasteiger partial charge is 0.319 e. The molecule has 0 N–H and O–H groups in total. The molecule has 0 aliphatic carbocycles. The molecule has 0 unspecified atom stereocenters. The lowest BCUT2D eigenvalue weighted by Gasteiger charge is -2.23. The van der Waals surface area contributed by atoms with Gasteiger partial charge in [-0.3, -0.25) is 9.69 Å². The molecule has 1 aliphatic heterocycles. The summed E-state index contributed by atoms with van der Waals surface area (Å²) in [5.41, 5.74) is 1.06. The van der Waals surface area contributed by atoms with Gasteiger partial charge in [-0.2, -0.15) is 0 Å². The molecule has 1 heterocycles. The Hall–Kier alpha value is -1.27. The average molecular weight is 344 g/mol. The lowest BCUT2D eigenvalue weighted by Crippen LogP contribution is -2.30. The Morgan fingerprint density at radius 3 is 2.60 bits per heavy atom. The minimum Gasteiger partial charge on any atom is -0.486 e. The number of ether oxygens (including phenoxy) is 3. The van der Waals surface area contributed by atoms with Crippen LogP contribution in [0.25, 0.3) is 0 Å². The van der Waals surface area contributed by atoms with E-state index in [1.807, 2.05) is 24.0 Å². The van der Waals surface area contributed by atoms with Crippen molar-refractivity contribution in [2.75, 3.05) is 33.4 Å². The monoisotopic (exact) mass is 343 g/mol. The van der Waals surface area contributed by atoms with E-state index in [1.165, 1.54) is 7.11 Å². The van der Waals surface area contributed by atoms with E-state index in [1.54, 1.807) is 0 Å². The number of carbonyl (C=O) groups excluding carboxylic acids is 1. The molecule has 6 heteroatoms. The van der Waals surface area contributed by atoms with E-state index >= 15 is 0 Å². The molecule has 0 saturated heterocycles. The van der Waals surface area contributed by atoms with Crippen molar-refractivity contribution in [3.8, 4) is 11.5 Å². The number of esters is 1. The zero-order chi connectivity index (χ0) is 14.5. The maximum atomic E-state index is 11.4. The van der Waals surface area contributed by atoms with Crippen LogP contribution in [0.3, 0.4) is 0 Å². The molecule has 0 bridgehead atoms. The Morgan fingerprint density at radius 1 is 1.35 bits per heavy atom. The molecular weight excluding hydrogens is 326 g/mol. The number of likely N-dealkylation sites (N-methyl/N-ethyl adjacent to an activating group) is 1. The number of nitrogens with zero attached hydrogens (tertiary/aromatic N) is 1. The van der Waals surface area contributed by atoms with E-state index in [-0.39, 0.29) is 12.5 Å². The van der Waals surface area contributed by atoms with Crippen molar-refractivity contribution in [3.63, 3.8) is 0 Å². The molecule has 110 valence electrons. The lowest BCUT2D eigenvalue weighted by molar-refractivity contribution is -0.142. The fraction of sp³-hybridized carbons (Fsp3) is 0.500. The molecule has 2 rings (SSSR count). The van der Waals surface area contributed by atoms with Crippen molar-refractivity contribution < 1.29 is 19.0 Å². The number of hydrogen-bond donors (Lipinski definition) is 0. The highest BCUT2D eigenvalue weighted by atomic mass is 79.9. The van der Waals surface area contributed by atoms with E-state index < -0.39 is 0 Å². The molecule has 0 spiro atoms. The summed E-state index contributed by atoms with van der Waals surface area (Å²) in [5, 5.41) is 0. The van der Waals surface area contributed by atoms with Gasteiger partial charge in [0.2, 0.25) is 0 Å². The molecule has 1 aliphatic rings. The molecule has 0 aromatic heterocycles. The third-order valence-electron chi connectivity index (χ3n) is 3.13. The highest BCUT2D eigenvalue weighted by Gasteiger charge is 2.17. The van der Waals surface area contributed by atoms with Gasteiger partial charge in [0.05, 0.1) is 13.7 Å². The number of hydrogen-bond acceptors (Lipinski definition) is 5. The summed E-state index contributed by atoms with van der Waals surface area (Å²) in [4.78, 5) is 13.4. The molecule has 1 aromatic rings. The zero-order valence-electron chi connectivity index (χ0n) is 11.6. The number of methoxy groups -OCH3 is 1. The first-order chi connectivity index (χ1) is 9.63. The second kappa shape index (κ2) is 6.95. The Bertz CT molecular complexity index is 492. The molecule has 0 fully saturated rings. The summed E-state index contributed by atoms with van der Waals surface area (Å²) < 4.78 is 16.8. The number of halogens is 1. The third kappa shape index (κ3) is 3.64. The normalized spacial score (nSPS) is 13.4. The van der Waals surface area contributed by atoms with E-state index in [4.69, 9.17) is 14.2 Å². The van der Waals surface area contributed by atoms with E-state index in [2.05, 4.69) is 15.9 Å². The summed E-state index contributed by atoms with van der Waals surface area (Å²) in [6.07, 6.45) is 0. The van der Waals surface area contributed by atoms with Crippen LogP contribution in [-0.2, 0) is 16.1 Å². The number of rotatable bonds is 5. The maximum Gasteiger partial charge on any atom is 0.319 e. The molecule has 0 amide bonds. The summed E-state index contributed by atoms with van der Waals surface area (Å²) >= 11 is 3.54. The maximum absolute atomic E-state index is 11.4. The van der Waals surface area contributed by atoms with Gasteiger partial charge in [-0.05, 0) is 24.2 Å². The molecule has 5 nitrogen and oxygen atoms in total. The fourth-order valence-corrected chi connectivity index (χ4v) is 2.44. The summed E-state index contributed by atoms with van der Waals surface area (Å²) in [6, 6.07) is 3.87. The van der Waals surface area contributed by atoms with Crippen LogP contribution in [0.1, 0.15) is 12.5 Å². The second-order valence-electron chi connectivity index (χ2n) is 4.47. The van der Waals surface area contributed by atoms with Crippen LogP contribution in [0.4, 0.5) is 0 Å². The van der Waals surface area contributed by atoms with Crippen molar-refractivity contribution in [2.45, 2.75) is 13.5 Å². The van der Waals surface area contributed by atoms with Crippen LogP contribution >= 0.6 is 15.9 Å². The number of carbonyl (C=O) groups is 1. The van der Waals surface area contributed by atoms with E-state index in [0.717, 1.165) is 28.1 Å². The van der Waals surface area contributed by atoms with Gasteiger partial charge in [0, 0.05) is 11.0 Å². The molecule has 0 radical (unpaired) electrons. The number of fused-ring (bicyclic) bond motifs is 1. The summed E-state index contributed by atoms with van der Waals surface area (Å²) in [6.45, 7) is 4.82. The standard InChI is InChI=1S/C14H18BrNO4/c1-3-16(9-14(17)18-2)8-10-6-12-13(7-11(10)15)20-5-4-19-12/h6-7H,3-5,8-9H2,1-2H3. The van der Waals surface area contributed by atoms with Gasteiger partial charge in [-0.25, -0.2) is 0 Å². The molecule has 0 saturated carbocycles. The third-order valence-corrected chi connectivity index (χ3v) is 3.87. The largest absolute Gasteiger partial charge is 0.486 e. The molecule has 0 atom stereocenters. The van der Waals surface area contributed by atoms with Crippen molar-refractivity contribution in [1.29, 1.82) is 0 Å². The highest BCUT2D eigenvalue weighted by Crippen LogP contribution is 2.35. The minimum absolute atomic E-state index is 0.236. The van der Waals surface area contributed by atoms with Crippen LogP contribution in [0.5, 0.6) is 11.5 Å². The summed E-state index contributed by atoms with van der Waals surface area (Å²) in [5.74, 6) is 1.27. The SMILES string of the molecule is CCN(CC(=O)OC)Cc1cc2c(cc1Br)OCCO2. The van der Waals surface area contributed by atoms with Crippen molar-refractivity contribution >= 4 is 21.9 Å². The lowest BCUT2D eigenvalue weighted by atomic mass is 10.1. The molecule has 20 heavy (non-hydrogen) atoms. The number of benzene rings is 1. The fourth-order valence-electron chi connectivity index (χ4n) is 1.99. The van der Waals surface area contributed by atoms with Gasteiger partial charge in [0.1, 0.15) is 13.2 Å². The van der Waals surface area contributed by atoms with Crippen molar-refractivity contribution in [2.24, 2.45) is 0 Å². The van der Waals surface area contributed by atoms with Crippen LogP contribution in [0.2, 0.25) is 0 Å². The van der Waals surface area contributed by atoms with Crippen LogP contribution in [0, 0.1) is 0 Å². The van der Waals surface area contributed by atoms with E-state index in [0.29, 0.717) is 19.8 Å². The van der Waals surface area contributed by atoms with Crippen LogP contribution < -0.4 is 9.47 Å². The van der Waals surface area contributed by atoms with Gasteiger partial charge >= 0.3 is 5.97 Å². The van der Waals surface area contributed by atoms with Crippen molar-refractivity contribution in [1.82, 2.24) is 4.90 Å². The summed E-state index contributed by atoms with van der Waals surface area (Å²) in [7, 11) is 1.40. The van der Waals surface area contributed by atoms with Gasteiger partial charge in [-0.15, -0.1) is 0 Å². The average Bonchev–Trinajstić information content (AvgIpc) is 2.46. The molecule has 1 aromatic carbocycles. The van der Waals surface area contributed by atoms with Crippen molar-refractivity contribution in [3.05, 3.63) is 22.2 Å². The Kier molecular flexibility index (Phi) is 5.25. The van der Waals surface area contributed by atoms with Crippen LogP contribution in [-0.4, -0.2) is 44.3 Å². The topological polar surface area (TPSA) is 48.0 Å². The minimum atomic E-state index is -0.236. The van der Waals surface area contributed by atoms with Gasteiger partial charge in [-0.1, -0.05) is 22.9 Å². The first kappa shape index (κ1) is 15.1. The Morgan fingerprint density at radius 2 is 2.00 bits per heavy atom. The Labute approximate surface area is 126 Å². The van der Waals surface area contributed by atoms with Crippen LogP contribution in [0.15, 0.2) is 16.6 Å². The zero-order valence-corrected chi connectivity index (χ0v) is 13.2. The highest BCUT2D eigenvalue weighted by molar-refractivity contribution is 9.10. The second-order valence-corrected chi connectivity index (χ2v) is 5.32. The molecular formula is C14H18BrNO4.